The molecule has 10 heteroatoms. The molecule has 0 fully saturated rings. The Morgan fingerprint density at radius 2 is 1.93 bits per heavy atom. The summed E-state index contributed by atoms with van der Waals surface area (Å²) in [5, 5.41) is 10.2. The van der Waals surface area contributed by atoms with Crippen LogP contribution >= 0.6 is 11.8 Å². The van der Waals surface area contributed by atoms with Crippen LogP contribution in [-0.4, -0.2) is 31.3 Å². The Balaban J connectivity index is 1.90. The van der Waals surface area contributed by atoms with Gasteiger partial charge in [0.2, 0.25) is 5.88 Å². The summed E-state index contributed by atoms with van der Waals surface area (Å²) < 4.78 is 45.1. The lowest BCUT2D eigenvalue weighted by Gasteiger charge is -2.09. The molecule has 28 heavy (non-hydrogen) atoms. The fourth-order valence-corrected chi connectivity index (χ4v) is 3.18. The minimum absolute atomic E-state index is 0.0126. The van der Waals surface area contributed by atoms with Gasteiger partial charge in [-0.25, -0.2) is 9.36 Å². The van der Waals surface area contributed by atoms with Crippen LogP contribution in [0.1, 0.15) is 12.5 Å². The maximum Gasteiger partial charge on any atom is 0.446 e. The number of nitrogens with zero attached hydrogens (tertiary/aromatic N) is 3. The van der Waals surface area contributed by atoms with Gasteiger partial charge in [0, 0.05) is 16.7 Å². The van der Waals surface area contributed by atoms with Crippen molar-refractivity contribution >= 4 is 11.8 Å². The molecule has 0 saturated carbocycles. The van der Waals surface area contributed by atoms with E-state index >= 15 is 0 Å². The highest BCUT2D eigenvalue weighted by molar-refractivity contribution is 8.00. The van der Waals surface area contributed by atoms with Gasteiger partial charge in [-0.2, -0.15) is 13.2 Å². The Morgan fingerprint density at radius 1 is 1.21 bits per heavy atom. The van der Waals surface area contributed by atoms with Gasteiger partial charge in [0.05, 0.1) is 31.2 Å². The number of aromatic hydroxyl groups is 1. The third-order valence-electron chi connectivity index (χ3n) is 3.78. The van der Waals surface area contributed by atoms with E-state index < -0.39 is 11.2 Å². The molecule has 3 aromatic rings. The molecular formula is C18H16F3N3O3S. The molecule has 3 rings (SSSR count). The number of hydrogen-bond donors (Lipinski definition) is 1. The Morgan fingerprint density at radius 3 is 2.57 bits per heavy atom. The number of pyridine rings is 1. The SMILES string of the molecule is CCOc1cnccc1Cn1cc(O)n(-c2ccc(SC(F)(F)F)cc2)c1=O. The average molecular weight is 411 g/mol. The monoisotopic (exact) mass is 411 g/mol. The zero-order valence-corrected chi connectivity index (χ0v) is 15.5. The van der Waals surface area contributed by atoms with Gasteiger partial charge in [0.15, 0.2) is 0 Å². The normalized spacial score (nSPS) is 11.6. The summed E-state index contributed by atoms with van der Waals surface area (Å²) in [6.07, 6.45) is 4.37. The molecule has 0 atom stereocenters. The molecule has 0 bridgehead atoms. The van der Waals surface area contributed by atoms with Crippen molar-refractivity contribution < 1.29 is 23.0 Å². The number of halogens is 3. The van der Waals surface area contributed by atoms with Crippen molar-refractivity contribution in [3.05, 3.63) is 65.0 Å². The molecule has 1 N–H and O–H groups in total. The van der Waals surface area contributed by atoms with E-state index in [1.54, 1.807) is 12.3 Å². The largest absolute Gasteiger partial charge is 0.493 e. The number of imidazole rings is 1. The van der Waals surface area contributed by atoms with E-state index in [9.17, 15) is 23.1 Å². The summed E-state index contributed by atoms with van der Waals surface area (Å²) in [6.45, 7) is 2.40. The fourth-order valence-electron chi connectivity index (χ4n) is 2.64. The quantitative estimate of drug-likeness (QED) is 0.625. The Hall–Kier alpha value is -2.88. The van der Waals surface area contributed by atoms with Crippen molar-refractivity contribution in [3.63, 3.8) is 0 Å². The first-order valence-corrected chi connectivity index (χ1v) is 9.03. The van der Waals surface area contributed by atoms with Crippen LogP contribution < -0.4 is 10.4 Å². The third-order valence-corrected chi connectivity index (χ3v) is 4.52. The van der Waals surface area contributed by atoms with Crippen molar-refractivity contribution in [1.82, 2.24) is 14.1 Å². The third kappa shape index (κ3) is 4.50. The van der Waals surface area contributed by atoms with E-state index in [0.717, 1.165) is 4.57 Å². The van der Waals surface area contributed by atoms with Crippen LogP contribution in [0, 0.1) is 0 Å². The lowest BCUT2D eigenvalue weighted by atomic mass is 10.2. The van der Waals surface area contributed by atoms with Gasteiger partial charge in [-0.3, -0.25) is 9.55 Å². The highest BCUT2D eigenvalue weighted by Gasteiger charge is 2.29. The average Bonchev–Trinajstić information content (AvgIpc) is 2.90. The van der Waals surface area contributed by atoms with Crippen LogP contribution in [0.3, 0.4) is 0 Å². The number of benzene rings is 1. The van der Waals surface area contributed by atoms with E-state index in [-0.39, 0.29) is 34.8 Å². The van der Waals surface area contributed by atoms with Crippen LogP contribution in [0.2, 0.25) is 0 Å². The zero-order chi connectivity index (χ0) is 20.3. The van der Waals surface area contributed by atoms with Crippen LogP contribution in [0.15, 0.2) is 58.6 Å². The summed E-state index contributed by atoms with van der Waals surface area (Å²) in [7, 11) is 0. The second-order valence-electron chi connectivity index (χ2n) is 5.69. The van der Waals surface area contributed by atoms with Crippen molar-refractivity contribution in [2.24, 2.45) is 0 Å². The number of alkyl halides is 3. The Kier molecular flexibility index (Phi) is 5.68. The number of aromatic nitrogens is 3. The molecule has 0 aliphatic carbocycles. The molecule has 2 heterocycles. The molecule has 6 nitrogen and oxygen atoms in total. The van der Waals surface area contributed by atoms with Crippen LogP contribution in [-0.2, 0) is 6.54 Å². The van der Waals surface area contributed by atoms with Crippen molar-refractivity contribution in [2.45, 2.75) is 23.9 Å². The van der Waals surface area contributed by atoms with Gasteiger partial charge in [0.1, 0.15) is 5.75 Å². The van der Waals surface area contributed by atoms with Crippen molar-refractivity contribution in [2.75, 3.05) is 6.61 Å². The molecule has 2 aromatic heterocycles. The lowest BCUT2D eigenvalue weighted by Crippen LogP contribution is -2.23. The first-order chi connectivity index (χ1) is 13.3. The minimum atomic E-state index is -4.40. The van der Waals surface area contributed by atoms with Crippen LogP contribution in [0.4, 0.5) is 13.2 Å². The van der Waals surface area contributed by atoms with Gasteiger partial charge in [-0.15, -0.1) is 0 Å². The van der Waals surface area contributed by atoms with E-state index in [0.29, 0.717) is 17.9 Å². The molecular weight excluding hydrogens is 395 g/mol. The molecule has 1 aromatic carbocycles. The molecule has 0 radical (unpaired) electrons. The summed E-state index contributed by atoms with van der Waals surface area (Å²) in [6, 6.07) is 6.88. The van der Waals surface area contributed by atoms with Crippen molar-refractivity contribution in [3.8, 4) is 17.3 Å². The summed E-state index contributed by atoms with van der Waals surface area (Å²) in [4.78, 5) is 16.7. The lowest BCUT2D eigenvalue weighted by molar-refractivity contribution is -0.0328. The van der Waals surface area contributed by atoms with Gasteiger partial charge in [0.25, 0.3) is 0 Å². The zero-order valence-electron chi connectivity index (χ0n) is 14.7. The predicted octanol–water partition coefficient (Wildman–Crippen LogP) is 3.80. The fraction of sp³-hybridized carbons (Fsp3) is 0.222. The Bertz CT molecular complexity index is 1010. The topological polar surface area (TPSA) is 69.3 Å². The predicted molar refractivity (Wildman–Crippen MR) is 98.1 cm³/mol. The van der Waals surface area contributed by atoms with E-state index in [4.69, 9.17) is 4.74 Å². The molecule has 0 aliphatic rings. The maximum atomic E-state index is 12.7. The molecule has 0 spiro atoms. The molecule has 148 valence electrons. The maximum absolute atomic E-state index is 12.7. The number of rotatable bonds is 6. The molecule has 0 amide bonds. The standard InChI is InChI=1S/C18H16F3N3O3S/c1-2-27-15-9-22-8-7-12(15)10-23-11-16(25)24(17(23)26)13-3-5-14(6-4-13)28-18(19,20)21/h3-9,11,25H,2,10H2,1H3. The molecule has 0 saturated heterocycles. The second-order valence-corrected chi connectivity index (χ2v) is 6.83. The molecule has 0 unspecified atom stereocenters. The van der Waals surface area contributed by atoms with Gasteiger partial charge < -0.3 is 9.84 Å². The Labute approximate surface area is 162 Å². The highest BCUT2D eigenvalue weighted by atomic mass is 32.2. The number of thioether (sulfide) groups is 1. The van der Waals surface area contributed by atoms with Gasteiger partial charge >= 0.3 is 11.2 Å². The summed E-state index contributed by atoms with van der Waals surface area (Å²) >= 11 is -0.249. The summed E-state index contributed by atoms with van der Waals surface area (Å²) in [5.41, 5.74) is -3.97. The first kappa shape index (κ1) is 19.9. The van der Waals surface area contributed by atoms with E-state index in [1.807, 2.05) is 6.92 Å². The van der Waals surface area contributed by atoms with Crippen LogP contribution in [0.5, 0.6) is 11.6 Å². The highest BCUT2D eigenvalue weighted by Crippen LogP contribution is 2.37. The van der Waals surface area contributed by atoms with Gasteiger partial charge in [-0.05, 0) is 49.0 Å². The minimum Gasteiger partial charge on any atom is -0.493 e. The second kappa shape index (κ2) is 8.01. The van der Waals surface area contributed by atoms with E-state index in [2.05, 4.69) is 4.98 Å². The smallest absolute Gasteiger partial charge is 0.446 e. The van der Waals surface area contributed by atoms with Crippen LogP contribution in [0.25, 0.3) is 5.69 Å². The van der Waals surface area contributed by atoms with Gasteiger partial charge in [-0.1, -0.05) is 0 Å². The van der Waals surface area contributed by atoms with E-state index in [1.165, 1.54) is 41.2 Å². The first-order valence-electron chi connectivity index (χ1n) is 8.21. The number of ether oxygens (including phenoxy) is 1. The number of hydrogen-bond acceptors (Lipinski definition) is 5. The van der Waals surface area contributed by atoms with Crippen molar-refractivity contribution in [1.29, 1.82) is 0 Å². The molecule has 0 aliphatic heterocycles. The summed E-state index contributed by atoms with van der Waals surface area (Å²) in [5.74, 6) is 0.200.